The second-order valence-corrected chi connectivity index (χ2v) is 3.91. The third-order valence-electron chi connectivity index (χ3n) is 1.94. The van der Waals surface area contributed by atoms with Crippen molar-refractivity contribution in [1.29, 1.82) is 0 Å². The average molecular weight is 231 g/mol. The molecule has 1 aromatic heterocycles. The van der Waals surface area contributed by atoms with Crippen LogP contribution in [0.5, 0.6) is 0 Å². The number of aliphatic hydroxyl groups is 2. The molecule has 0 saturated heterocycles. The van der Waals surface area contributed by atoms with E-state index in [1.165, 1.54) is 11.5 Å². The molecule has 0 atom stereocenters. The third-order valence-corrected chi connectivity index (χ3v) is 2.76. The lowest BCUT2D eigenvalue weighted by Gasteiger charge is -2.18. The van der Waals surface area contributed by atoms with Crippen LogP contribution < -0.4 is 4.90 Å². The van der Waals surface area contributed by atoms with Crippen molar-refractivity contribution in [2.24, 2.45) is 0 Å². The molecule has 5 nitrogen and oxygen atoms in total. The fourth-order valence-corrected chi connectivity index (χ4v) is 2.01. The van der Waals surface area contributed by atoms with Crippen LogP contribution in [0.3, 0.4) is 0 Å². The van der Waals surface area contributed by atoms with Crippen LogP contribution in [0.2, 0.25) is 0 Å². The Hall–Kier alpha value is -0.720. The second kappa shape index (κ2) is 6.71. The van der Waals surface area contributed by atoms with Gasteiger partial charge >= 0.3 is 0 Å². The molecule has 0 unspecified atom stereocenters. The average Bonchev–Trinajstić information content (AvgIpc) is 2.67. The standard InChI is InChI=1S/C9H17N3O2S/c1-2-3-8-10-9(15-11-8)12(4-6-13)5-7-14/h13-14H,2-7H2,1H3. The van der Waals surface area contributed by atoms with E-state index in [9.17, 15) is 0 Å². The molecule has 15 heavy (non-hydrogen) atoms. The highest BCUT2D eigenvalue weighted by Crippen LogP contribution is 2.17. The quantitative estimate of drug-likeness (QED) is 0.705. The minimum Gasteiger partial charge on any atom is -0.395 e. The molecule has 1 aromatic rings. The van der Waals surface area contributed by atoms with Gasteiger partial charge in [0.05, 0.1) is 13.2 Å². The smallest absolute Gasteiger partial charge is 0.205 e. The van der Waals surface area contributed by atoms with Crippen molar-refractivity contribution in [2.75, 3.05) is 31.2 Å². The highest BCUT2D eigenvalue weighted by Gasteiger charge is 2.10. The SMILES string of the molecule is CCCc1nsc(N(CCO)CCO)n1. The van der Waals surface area contributed by atoms with Gasteiger partial charge in [-0.1, -0.05) is 6.92 Å². The monoisotopic (exact) mass is 231 g/mol. The lowest BCUT2D eigenvalue weighted by atomic mass is 10.3. The minimum absolute atomic E-state index is 0.0582. The predicted molar refractivity (Wildman–Crippen MR) is 60.3 cm³/mol. The van der Waals surface area contributed by atoms with Crippen LogP contribution in [0, 0.1) is 0 Å². The van der Waals surface area contributed by atoms with Gasteiger partial charge < -0.3 is 15.1 Å². The first-order valence-electron chi connectivity index (χ1n) is 5.11. The van der Waals surface area contributed by atoms with Crippen molar-refractivity contribution in [2.45, 2.75) is 19.8 Å². The highest BCUT2D eigenvalue weighted by molar-refractivity contribution is 7.09. The molecule has 0 radical (unpaired) electrons. The fraction of sp³-hybridized carbons (Fsp3) is 0.778. The maximum atomic E-state index is 8.87. The Bertz CT molecular complexity index is 274. The van der Waals surface area contributed by atoms with E-state index in [0.717, 1.165) is 23.8 Å². The van der Waals surface area contributed by atoms with Crippen LogP contribution >= 0.6 is 11.5 Å². The summed E-state index contributed by atoms with van der Waals surface area (Å²) in [6, 6.07) is 0. The predicted octanol–water partition coefficient (Wildman–Crippen LogP) is 0.282. The highest BCUT2D eigenvalue weighted by atomic mass is 32.1. The summed E-state index contributed by atoms with van der Waals surface area (Å²) in [5.41, 5.74) is 0. The maximum absolute atomic E-state index is 8.87. The molecule has 0 amide bonds. The number of rotatable bonds is 7. The van der Waals surface area contributed by atoms with Crippen molar-refractivity contribution in [3.05, 3.63) is 5.82 Å². The van der Waals surface area contributed by atoms with Gasteiger partial charge in [0.25, 0.3) is 0 Å². The lowest BCUT2D eigenvalue weighted by Crippen LogP contribution is -2.29. The molecule has 0 saturated carbocycles. The zero-order chi connectivity index (χ0) is 11.1. The second-order valence-electron chi connectivity index (χ2n) is 3.18. The molecule has 0 bridgehead atoms. The van der Waals surface area contributed by atoms with Crippen LogP contribution in [-0.2, 0) is 6.42 Å². The Morgan fingerprint density at radius 1 is 1.27 bits per heavy atom. The molecular weight excluding hydrogens is 214 g/mol. The molecule has 6 heteroatoms. The van der Waals surface area contributed by atoms with E-state index in [1.807, 2.05) is 4.90 Å². The van der Waals surface area contributed by atoms with E-state index in [4.69, 9.17) is 10.2 Å². The van der Waals surface area contributed by atoms with Crippen LogP contribution in [0.25, 0.3) is 0 Å². The Morgan fingerprint density at radius 2 is 1.93 bits per heavy atom. The summed E-state index contributed by atoms with van der Waals surface area (Å²) in [4.78, 5) is 6.19. The van der Waals surface area contributed by atoms with E-state index in [1.54, 1.807) is 0 Å². The van der Waals surface area contributed by atoms with Gasteiger partial charge in [-0.25, -0.2) is 4.98 Å². The van der Waals surface area contributed by atoms with E-state index >= 15 is 0 Å². The van der Waals surface area contributed by atoms with E-state index < -0.39 is 0 Å². The molecule has 1 rings (SSSR count). The van der Waals surface area contributed by atoms with Gasteiger partial charge in [0.1, 0.15) is 5.82 Å². The normalized spacial score (nSPS) is 10.6. The van der Waals surface area contributed by atoms with E-state index in [0.29, 0.717) is 13.1 Å². The molecule has 0 aliphatic heterocycles. The summed E-state index contributed by atoms with van der Waals surface area (Å²) >= 11 is 1.32. The van der Waals surface area contributed by atoms with Crippen molar-refractivity contribution in [3.8, 4) is 0 Å². The molecule has 0 aliphatic carbocycles. The van der Waals surface area contributed by atoms with Crippen molar-refractivity contribution < 1.29 is 10.2 Å². The van der Waals surface area contributed by atoms with Crippen molar-refractivity contribution in [3.63, 3.8) is 0 Å². The Morgan fingerprint density at radius 3 is 2.47 bits per heavy atom. The number of hydrogen-bond acceptors (Lipinski definition) is 6. The van der Waals surface area contributed by atoms with Gasteiger partial charge in [-0.3, -0.25) is 0 Å². The Balaban J connectivity index is 2.63. The van der Waals surface area contributed by atoms with Crippen LogP contribution in [-0.4, -0.2) is 45.9 Å². The zero-order valence-electron chi connectivity index (χ0n) is 8.89. The third kappa shape index (κ3) is 3.73. The number of aromatic nitrogens is 2. The van der Waals surface area contributed by atoms with E-state index in [-0.39, 0.29) is 13.2 Å². The minimum atomic E-state index is 0.0582. The number of aryl methyl sites for hydroxylation is 1. The largest absolute Gasteiger partial charge is 0.395 e. The van der Waals surface area contributed by atoms with Gasteiger partial charge in [-0.2, -0.15) is 4.37 Å². The van der Waals surface area contributed by atoms with Gasteiger partial charge in [0.2, 0.25) is 5.13 Å². The topological polar surface area (TPSA) is 69.5 Å². The summed E-state index contributed by atoms with van der Waals surface area (Å²) in [6.45, 7) is 3.17. The molecule has 0 aromatic carbocycles. The Kier molecular flexibility index (Phi) is 5.52. The van der Waals surface area contributed by atoms with Crippen LogP contribution in [0.15, 0.2) is 0 Å². The van der Waals surface area contributed by atoms with Crippen molar-refractivity contribution >= 4 is 16.7 Å². The first-order chi connectivity index (χ1) is 7.31. The van der Waals surface area contributed by atoms with Crippen LogP contribution in [0.1, 0.15) is 19.2 Å². The van der Waals surface area contributed by atoms with Gasteiger partial charge in [0, 0.05) is 31.0 Å². The van der Waals surface area contributed by atoms with Gasteiger partial charge in [0.15, 0.2) is 0 Å². The molecule has 0 aliphatic rings. The van der Waals surface area contributed by atoms with E-state index in [2.05, 4.69) is 16.3 Å². The number of hydrogen-bond donors (Lipinski definition) is 2. The van der Waals surface area contributed by atoms with Gasteiger partial charge in [-0.05, 0) is 6.42 Å². The summed E-state index contributed by atoms with van der Waals surface area (Å²) in [5.74, 6) is 0.846. The molecule has 86 valence electrons. The number of nitrogens with zero attached hydrogens (tertiary/aromatic N) is 3. The zero-order valence-corrected chi connectivity index (χ0v) is 9.70. The maximum Gasteiger partial charge on any atom is 0.205 e. The summed E-state index contributed by atoms with van der Waals surface area (Å²) < 4.78 is 4.22. The summed E-state index contributed by atoms with van der Waals surface area (Å²) in [6.07, 6.45) is 1.90. The van der Waals surface area contributed by atoms with Crippen LogP contribution in [0.4, 0.5) is 5.13 Å². The molecule has 1 heterocycles. The fourth-order valence-electron chi connectivity index (χ4n) is 1.24. The molecule has 0 spiro atoms. The summed E-state index contributed by atoms with van der Waals surface area (Å²) in [7, 11) is 0. The first-order valence-corrected chi connectivity index (χ1v) is 5.88. The molecule has 0 fully saturated rings. The first kappa shape index (κ1) is 12.4. The Labute approximate surface area is 93.6 Å². The number of anilines is 1. The number of aliphatic hydroxyl groups excluding tert-OH is 2. The molecular formula is C9H17N3O2S. The lowest BCUT2D eigenvalue weighted by molar-refractivity contribution is 0.281. The molecule has 2 N–H and O–H groups in total. The van der Waals surface area contributed by atoms with Gasteiger partial charge in [-0.15, -0.1) is 0 Å². The summed E-state index contributed by atoms with van der Waals surface area (Å²) in [5, 5.41) is 18.5. The van der Waals surface area contributed by atoms with Crippen molar-refractivity contribution in [1.82, 2.24) is 9.36 Å².